The highest BCUT2D eigenvalue weighted by Crippen LogP contribution is 2.66. The van der Waals surface area contributed by atoms with Gasteiger partial charge in [-0.05, 0) is 104 Å². The van der Waals surface area contributed by atoms with Gasteiger partial charge in [-0.1, -0.05) is 84.6 Å². The molecule has 3 saturated carbocycles. The SMILES string of the molecule is CCC(CCC(C)C1CCC2C3=CC=C4CC(OC5OC(CC)C(O)C(O)C5O)CCC4(C)C3CCC21C)C(C)C. The van der Waals surface area contributed by atoms with Crippen molar-refractivity contribution in [3.05, 3.63) is 23.3 Å². The van der Waals surface area contributed by atoms with Crippen LogP contribution in [-0.4, -0.2) is 52.1 Å². The van der Waals surface area contributed by atoms with Gasteiger partial charge in [-0.3, -0.25) is 0 Å². The Hall–Kier alpha value is -0.720. The van der Waals surface area contributed by atoms with E-state index in [0.717, 1.165) is 42.9 Å². The Morgan fingerprint density at radius 1 is 0.902 bits per heavy atom. The number of fused-ring (bicyclic) bond motifs is 5. The fraction of sp³-hybridized carbons (Fsp3) is 0.889. The van der Waals surface area contributed by atoms with Gasteiger partial charge in [0.2, 0.25) is 0 Å². The lowest BCUT2D eigenvalue weighted by Crippen LogP contribution is -2.58. The first-order valence-electron chi connectivity index (χ1n) is 17.2. The Morgan fingerprint density at radius 3 is 2.34 bits per heavy atom. The zero-order valence-corrected chi connectivity index (χ0v) is 27.0. The number of hydrogen-bond acceptors (Lipinski definition) is 5. The van der Waals surface area contributed by atoms with E-state index >= 15 is 0 Å². The van der Waals surface area contributed by atoms with Crippen LogP contribution >= 0.6 is 0 Å². The quantitative estimate of drug-likeness (QED) is 0.273. The van der Waals surface area contributed by atoms with E-state index in [1.165, 1.54) is 50.5 Å². The molecule has 0 bridgehead atoms. The van der Waals surface area contributed by atoms with Crippen molar-refractivity contribution in [1.82, 2.24) is 0 Å². The summed E-state index contributed by atoms with van der Waals surface area (Å²) in [4.78, 5) is 0. The van der Waals surface area contributed by atoms with E-state index in [-0.39, 0.29) is 11.5 Å². The molecule has 13 unspecified atom stereocenters. The fourth-order valence-corrected chi connectivity index (χ4v) is 10.3. The van der Waals surface area contributed by atoms with E-state index in [0.29, 0.717) is 23.7 Å². The van der Waals surface area contributed by atoms with Crippen LogP contribution in [0.25, 0.3) is 0 Å². The Kier molecular flexibility index (Phi) is 9.54. The Labute approximate surface area is 250 Å². The van der Waals surface area contributed by atoms with Crippen LogP contribution in [0.4, 0.5) is 0 Å². The first-order chi connectivity index (χ1) is 19.4. The highest BCUT2D eigenvalue weighted by Gasteiger charge is 2.57. The minimum absolute atomic E-state index is 0.0489. The molecular formula is C36H60O5. The van der Waals surface area contributed by atoms with Gasteiger partial charge in [0.25, 0.3) is 0 Å². The molecule has 5 nitrogen and oxygen atoms in total. The first kappa shape index (κ1) is 31.7. The van der Waals surface area contributed by atoms with Crippen molar-refractivity contribution in [2.45, 2.75) is 156 Å². The summed E-state index contributed by atoms with van der Waals surface area (Å²) in [6.07, 6.45) is 12.7. The van der Waals surface area contributed by atoms with Crippen molar-refractivity contribution in [1.29, 1.82) is 0 Å². The topological polar surface area (TPSA) is 79.2 Å². The third-order valence-corrected chi connectivity index (χ3v) is 13.1. The zero-order chi connectivity index (χ0) is 29.7. The largest absolute Gasteiger partial charge is 0.388 e. The summed E-state index contributed by atoms with van der Waals surface area (Å²) in [5.74, 6) is 4.63. The van der Waals surface area contributed by atoms with Crippen molar-refractivity contribution in [3.8, 4) is 0 Å². The number of rotatable bonds is 9. The average Bonchev–Trinajstić information content (AvgIpc) is 3.30. The van der Waals surface area contributed by atoms with E-state index in [1.54, 1.807) is 5.57 Å². The molecular weight excluding hydrogens is 512 g/mol. The number of ether oxygens (including phenoxy) is 2. The van der Waals surface area contributed by atoms with Gasteiger partial charge in [0.05, 0.1) is 12.2 Å². The second kappa shape index (κ2) is 12.3. The normalized spacial score (nSPS) is 45.8. The van der Waals surface area contributed by atoms with Crippen molar-refractivity contribution in [3.63, 3.8) is 0 Å². The van der Waals surface area contributed by atoms with E-state index in [9.17, 15) is 15.3 Å². The fourth-order valence-electron chi connectivity index (χ4n) is 10.3. The molecule has 13 atom stereocenters. The summed E-state index contributed by atoms with van der Waals surface area (Å²) in [7, 11) is 0. The third-order valence-electron chi connectivity index (χ3n) is 13.1. The Bertz CT molecular complexity index is 971. The van der Waals surface area contributed by atoms with Crippen molar-refractivity contribution >= 4 is 0 Å². The molecule has 1 heterocycles. The summed E-state index contributed by atoms with van der Waals surface area (Å²) in [5.41, 5.74) is 3.82. The van der Waals surface area contributed by atoms with Crippen LogP contribution in [0.15, 0.2) is 23.3 Å². The van der Waals surface area contributed by atoms with Gasteiger partial charge in [0.15, 0.2) is 6.29 Å². The molecule has 4 fully saturated rings. The van der Waals surface area contributed by atoms with Crippen molar-refractivity contribution < 1.29 is 24.8 Å². The summed E-state index contributed by atoms with van der Waals surface area (Å²) < 4.78 is 12.2. The van der Waals surface area contributed by atoms with Crippen molar-refractivity contribution in [2.24, 2.45) is 46.3 Å². The maximum Gasteiger partial charge on any atom is 0.186 e. The van der Waals surface area contributed by atoms with Gasteiger partial charge in [0.1, 0.15) is 18.3 Å². The molecule has 0 amide bonds. The predicted molar refractivity (Wildman–Crippen MR) is 164 cm³/mol. The molecule has 0 aromatic heterocycles. The maximum atomic E-state index is 10.6. The Morgan fingerprint density at radius 2 is 1.66 bits per heavy atom. The molecule has 0 spiro atoms. The highest BCUT2D eigenvalue weighted by atomic mass is 16.7. The number of aliphatic hydroxyl groups is 3. The first-order valence-corrected chi connectivity index (χ1v) is 17.2. The molecule has 1 aliphatic heterocycles. The lowest BCUT2D eigenvalue weighted by Gasteiger charge is -2.55. The molecule has 234 valence electrons. The molecule has 41 heavy (non-hydrogen) atoms. The van der Waals surface area contributed by atoms with Crippen LogP contribution < -0.4 is 0 Å². The molecule has 0 aromatic rings. The van der Waals surface area contributed by atoms with Gasteiger partial charge >= 0.3 is 0 Å². The Balaban J connectivity index is 1.27. The highest BCUT2D eigenvalue weighted by molar-refractivity contribution is 5.39. The number of allylic oxidation sites excluding steroid dienone is 3. The molecule has 4 aliphatic carbocycles. The monoisotopic (exact) mass is 572 g/mol. The lowest BCUT2D eigenvalue weighted by molar-refractivity contribution is -0.309. The van der Waals surface area contributed by atoms with Gasteiger partial charge in [-0.15, -0.1) is 0 Å². The molecule has 0 radical (unpaired) electrons. The van der Waals surface area contributed by atoms with Crippen molar-refractivity contribution in [2.75, 3.05) is 0 Å². The van der Waals surface area contributed by atoms with E-state index in [2.05, 4.69) is 53.7 Å². The summed E-state index contributed by atoms with van der Waals surface area (Å²) >= 11 is 0. The molecule has 3 N–H and O–H groups in total. The molecule has 5 heteroatoms. The second-order valence-electron chi connectivity index (χ2n) is 15.5. The van der Waals surface area contributed by atoms with E-state index in [4.69, 9.17) is 9.47 Å². The third kappa shape index (κ3) is 5.65. The van der Waals surface area contributed by atoms with Crippen LogP contribution in [0.5, 0.6) is 0 Å². The maximum absolute atomic E-state index is 10.6. The molecule has 5 rings (SSSR count). The predicted octanol–water partition coefficient (Wildman–Crippen LogP) is 7.19. The van der Waals surface area contributed by atoms with E-state index in [1.807, 2.05) is 6.92 Å². The van der Waals surface area contributed by atoms with E-state index < -0.39 is 30.7 Å². The summed E-state index contributed by atoms with van der Waals surface area (Å²) in [6.45, 7) is 16.8. The standard InChI is InChI=1S/C36H60O5/c1-8-23(21(3)4)11-10-22(5)27-14-15-28-26-13-12-24-20-25(16-18-35(24,6)29(26)17-19-36(27,28)7)40-34-33(39)32(38)31(37)30(9-2)41-34/h12-13,21-23,25,27-34,37-39H,8-11,14-20H2,1-7H3. The lowest BCUT2D eigenvalue weighted by atomic mass is 9.50. The van der Waals surface area contributed by atoms with Crippen LogP contribution in [0.3, 0.4) is 0 Å². The summed E-state index contributed by atoms with van der Waals surface area (Å²) in [5, 5.41) is 31.2. The smallest absolute Gasteiger partial charge is 0.186 e. The molecule has 5 aliphatic rings. The molecule has 0 aromatic carbocycles. The van der Waals surface area contributed by atoms with Crippen LogP contribution in [-0.2, 0) is 9.47 Å². The van der Waals surface area contributed by atoms with Gasteiger partial charge < -0.3 is 24.8 Å². The number of aliphatic hydroxyl groups excluding tert-OH is 3. The van der Waals surface area contributed by atoms with Gasteiger partial charge in [0, 0.05) is 0 Å². The average molecular weight is 573 g/mol. The van der Waals surface area contributed by atoms with Crippen LogP contribution in [0, 0.1) is 46.3 Å². The van der Waals surface area contributed by atoms with Gasteiger partial charge in [-0.2, -0.15) is 0 Å². The zero-order valence-electron chi connectivity index (χ0n) is 27.0. The second-order valence-corrected chi connectivity index (χ2v) is 15.5. The minimum atomic E-state index is -1.25. The van der Waals surface area contributed by atoms with Gasteiger partial charge in [-0.25, -0.2) is 0 Å². The minimum Gasteiger partial charge on any atom is -0.388 e. The number of hydrogen-bond donors (Lipinski definition) is 3. The summed E-state index contributed by atoms with van der Waals surface area (Å²) in [6, 6.07) is 0. The van der Waals surface area contributed by atoms with Crippen LogP contribution in [0.1, 0.15) is 119 Å². The van der Waals surface area contributed by atoms with Crippen LogP contribution in [0.2, 0.25) is 0 Å². The molecule has 1 saturated heterocycles.